The van der Waals surface area contributed by atoms with Crippen LogP contribution in [-0.2, 0) is 17.8 Å². The Morgan fingerprint density at radius 2 is 2.07 bits per heavy atom. The summed E-state index contributed by atoms with van der Waals surface area (Å²) >= 11 is 0. The molecule has 42 heavy (non-hydrogen) atoms. The van der Waals surface area contributed by atoms with Crippen molar-refractivity contribution in [2.45, 2.75) is 64.7 Å². The molecule has 2 aromatic heterocycles. The maximum Gasteiger partial charge on any atom is 0.246 e. The van der Waals surface area contributed by atoms with E-state index >= 15 is 0 Å². The van der Waals surface area contributed by atoms with Crippen molar-refractivity contribution < 1.29 is 9.53 Å². The molecule has 1 N–H and O–H groups in total. The van der Waals surface area contributed by atoms with E-state index in [0.717, 1.165) is 65.9 Å². The summed E-state index contributed by atoms with van der Waals surface area (Å²) in [4.78, 5) is 26.5. The quantitative estimate of drug-likeness (QED) is 0.448. The van der Waals surface area contributed by atoms with E-state index in [4.69, 9.17) is 9.72 Å². The molecule has 0 bridgehead atoms. The van der Waals surface area contributed by atoms with Crippen LogP contribution in [0.1, 0.15) is 49.1 Å². The van der Waals surface area contributed by atoms with Crippen molar-refractivity contribution in [3.8, 4) is 11.9 Å². The van der Waals surface area contributed by atoms with Crippen molar-refractivity contribution in [2.75, 3.05) is 49.6 Å². The number of aryl methyl sites for hydroxylation is 1. The van der Waals surface area contributed by atoms with Crippen molar-refractivity contribution in [1.82, 2.24) is 25.0 Å². The highest BCUT2D eigenvalue weighted by molar-refractivity contribution is 5.93. The Balaban J connectivity index is 1.41. The van der Waals surface area contributed by atoms with Gasteiger partial charge in [-0.2, -0.15) is 10.4 Å². The van der Waals surface area contributed by atoms with E-state index in [1.807, 2.05) is 11.1 Å². The van der Waals surface area contributed by atoms with Crippen molar-refractivity contribution in [3.63, 3.8) is 0 Å². The molecule has 0 spiro atoms. The molecule has 220 valence electrons. The Morgan fingerprint density at radius 1 is 1.24 bits per heavy atom. The summed E-state index contributed by atoms with van der Waals surface area (Å²) in [5.41, 5.74) is 6.82. The van der Waals surface area contributed by atoms with Crippen LogP contribution in [0, 0.1) is 18.3 Å². The van der Waals surface area contributed by atoms with E-state index in [-0.39, 0.29) is 18.0 Å². The number of pyridine rings is 1. The van der Waals surface area contributed by atoms with E-state index in [9.17, 15) is 10.1 Å². The summed E-state index contributed by atoms with van der Waals surface area (Å²) in [6.45, 7) is 14.1. The minimum atomic E-state index is -0.0598. The number of nitriles is 1. The van der Waals surface area contributed by atoms with Crippen LogP contribution in [-0.4, -0.2) is 88.8 Å². The van der Waals surface area contributed by atoms with Gasteiger partial charge in [0.05, 0.1) is 35.3 Å². The molecule has 0 aliphatic carbocycles. The third-order valence-electron chi connectivity index (χ3n) is 9.33. The van der Waals surface area contributed by atoms with Crippen LogP contribution in [0.5, 0.6) is 5.88 Å². The number of likely N-dealkylation sites (N-methyl/N-ethyl adjacent to an activating group) is 1. The number of fused-ring (bicyclic) bond motifs is 2. The molecule has 3 aliphatic heterocycles. The number of aromatic nitrogens is 3. The highest BCUT2D eigenvalue weighted by Gasteiger charge is 2.37. The Morgan fingerprint density at radius 3 is 2.81 bits per heavy atom. The summed E-state index contributed by atoms with van der Waals surface area (Å²) in [6.07, 6.45) is 6.25. The number of aromatic amines is 1. The van der Waals surface area contributed by atoms with Gasteiger partial charge in [0.1, 0.15) is 18.2 Å². The first-order chi connectivity index (χ1) is 20.3. The largest absolute Gasteiger partial charge is 0.475 e. The number of carbonyl (C=O) groups excluding carboxylic acids is 1. The average molecular weight is 569 g/mol. The van der Waals surface area contributed by atoms with Gasteiger partial charge in [-0.15, -0.1) is 0 Å². The number of amides is 1. The van der Waals surface area contributed by atoms with Crippen LogP contribution < -0.4 is 14.5 Å². The van der Waals surface area contributed by atoms with Gasteiger partial charge >= 0.3 is 0 Å². The van der Waals surface area contributed by atoms with Crippen molar-refractivity contribution in [2.24, 2.45) is 0 Å². The number of piperazine rings is 1. The Labute approximate surface area is 247 Å². The van der Waals surface area contributed by atoms with Gasteiger partial charge < -0.3 is 24.3 Å². The molecule has 5 heterocycles. The van der Waals surface area contributed by atoms with Gasteiger partial charge in [-0.25, -0.2) is 4.98 Å². The highest BCUT2D eigenvalue weighted by atomic mass is 16.5. The fraction of sp³-hybridized carbons (Fsp3) is 0.500. The molecule has 0 radical (unpaired) electrons. The number of nitrogens with zero attached hydrogens (tertiary/aromatic N) is 7. The summed E-state index contributed by atoms with van der Waals surface area (Å²) in [6, 6.07) is 6.98. The first-order valence-corrected chi connectivity index (χ1v) is 15.0. The van der Waals surface area contributed by atoms with Crippen LogP contribution in [0.3, 0.4) is 0 Å². The van der Waals surface area contributed by atoms with Gasteiger partial charge in [0.2, 0.25) is 11.8 Å². The second-order valence-corrected chi connectivity index (χ2v) is 12.0. The van der Waals surface area contributed by atoms with Crippen LogP contribution in [0.2, 0.25) is 0 Å². The zero-order valence-corrected chi connectivity index (χ0v) is 25.1. The standard InChI is InChI=1S/C32H40N8O2/c1-6-29(41)39-16-22(4)40(17-21(39)3)31-24-11-13-38(30-20(2)9-10-27-26(30)15-34-36-27)18-28(24)35-32(25(31)14-33)42-19-23-8-7-12-37(23)5/h6,9-10,15,21-23H,1,7-8,11-13,16-19H2,2-5H3,(H,34,36)/t21-,22+,23?/m1/s1. The second kappa shape index (κ2) is 11.3. The van der Waals surface area contributed by atoms with E-state index in [1.54, 1.807) is 0 Å². The SMILES string of the molecule is C=CC(=O)N1C[C@H](C)N(c2c(C#N)c(OCC3CCCN3C)nc3c2CCN(c2c(C)ccc4[nH]ncc24)C3)C[C@H]1C. The lowest BCUT2D eigenvalue weighted by atomic mass is 9.95. The third-order valence-corrected chi connectivity index (χ3v) is 9.33. The lowest BCUT2D eigenvalue weighted by Gasteiger charge is -2.46. The van der Waals surface area contributed by atoms with Gasteiger partial charge in [-0.05, 0) is 71.3 Å². The lowest BCUT2D eigenvalue weighted by molar-refractivity contribution is -0.128. The summed E-state index contributed by atoms with van der Waals surface area (Å²) in [5.74, 6) is 0.353. The van der Waals surface area contributed by atoms with Gasteiger partial charge in [-0.3, -0.25) is 9.89 Å². The smallest absolute Gasteiger partial charge is 0.246 e. The number of rotatable bonds is 6. The molecule has 6 rings (SSSR count). The third kappa shape index (κ3) is 4.86. The molecule has 2 saturated heterocycles. The maximum atomic E-state index is 12.6. The first kappa shape index (κ1) is 28.0. The number of likely N-dealkylation sites (tertiary alicyclic amines) is 1. The monoisotopic (exact) mass is 568 g/mol. The number of hydrogen-bond acceptors (Lipinski definition) is 8. The van der Waals surface area contributed by atoms with E-state index in [1.165, 1.54) is 11.6 Å². The molecule has 1 aromatic carbocycles. The topological polar surface area (TPSA) is 105 Å². The van der Waals surface area contributed by atoms with Gasteiger partial charge in [0, 0.05) is 48.7 Å². The van der Waals surface area contributed by atoms with Gasteiger partial charge in [-0.1, -0.05) is 12.6 Å². The maximum absolute atomic E-state index is 12.6. The zero-order chi connectivity index (χ0) is 29.5. The minimum Gasteiger partial charge on any atom is -0.475 e. The predicted octanol–water partition coefficient (Wildman–Crippen LogP) is 3.79. The molecule has 0 saturated carbocycles. The minimum absolute atomic E-state index is 0.0115. The summed E-state index contributed by atoms with van der Waals surface area (Å²) in [5, 5.41) is 19.1. The fourth-order valence-corrected chi connectivity index (χ4v) is 7.01. The number of hydrogen-bond donors (Lipinski definition) is 1. The number of anilines is 2. The molecule has 3 atom stereocenters. The first-order valence-electron chi connectivity index (χ1n) is 15.0. The molecule has 3 aliphatic rings. The highest BCUT2D eigenvalue weighted by Crippen LogP contribution is 2.41. The zero-order valence-electron chi connectivity index (χ0n) is 25.1. The van der Waals surface area contributed by atoms with E-state index in [0.29, 0.717) is 43.7 Å². The van der Waals surface area contributed by atoms with Crippen molar-refractivity contribution in [3.05, 3.63) is 53.4 Å². The molecular formula is C32H40N8O2. The van der Waals surface area contributed by atoms with Gasteiger partial charge in [0.25, 0.3) is 0 Å². The Hall–Kier alpha value is -4.10. The Kier molecular flexibility index (Phi) is 7.54. The normalized spacial score (nSPS) is 22.7. The molecular weight excluding hydrogens is 528 g/mol. The van der Waals surface area contributed by atoms with E-state index in [2.05, 4.69) is 77.5 Å². The molecule has 10 heteroatoms. The van der Waals surface area contributed by atoms with Crippen molar-refractivity contribution in [1.29, 1.82) is 5.26 Å². The summed E-state index contributed by atoms with van der Waals surface area (Å²) < 4.78 is 6.43. The van der Waals surface area contributed by atoms with Crippen LogP contribution >= 0.6 is 0 Å². The molecule has 2 fully saturated rings. The summed E-state index contributed by atoms with van der Waals surface area (Å²) in [7, 11) is 2.13. The molecule has 1 unspecified atom stereocenters. The van der Waals surface area contributed by atoms with Gasteiger partial charge in [0.15, 0.2) is 0 Å². The van der Waals surface area contributed by atoms with Crippen LogP contribution in [0.15, 0.2) is 31.0 Å². The van der Waals surface area contributed by atoms with Crippen LogP contribution in [0.4, 0.5) is 11.4 Å². The fourth-order valence-electron chi connectivity index (χ4n) is 7.01. The number of ether oxygens (including phenoxy) is 1. The van der Waals surface area contributed by atoms with E-state index < -0.39 is 0 Å². The molecule has 3 aromatic rings. The molecule has 10 nitrogen and oxygen atoms in total. The second-order valence-electron chi connectivity index (χ2n) is 12.0. The van der Waals surface area contributed by atoms with Crippen LogP contribution in [0.25, 0.3) is 10.9 Å². The number of carbonyl (C=O) groups is 1. The predicted molar refractivity (Wildman–Crippen MR) is 164 cm³/mol. The molecule has 1 amide bonds. The number of benzene rings is 1. The Bertz CT molecular complexity index is 1560. The average Bonchev–Trinajstić information content (AvgIpc) is 3.64. The lowest BCUT2D eigenvalue weighted by Crippen LogP contribution is -2.58. The number of H-pyrrole nitrogens is 1. The number of nitrogens with one attached hydrogen (secondary N) is 1. The van der Waals surface area contributed by atoms with Crippen molar-refractivity contribution >= 4 is 28.2 Å².